The summed E-state index contributed by atoms with van der Waals surface area (Å²) in [5.41, 5.74) is -0.164. The highest BCUT2D eigenvalue weighted by Gasteiger charge is 2.35. The molecule has 0 bridgehead atoms. The van der Waals surface area contributed by atoms with Crippen molar-refractivity contribution in [2.45, 2.75) is 71.3 Å². The minimum atomic E-state index is -4.52. The van der Waals surface area contributed by atoms with E-state index in [0.717, 1.165) is 31.4 Å². The van der Waals surface area contributed by atoms with E-state index in [1.807, 2.05) is 23.6 Å². The van der Waals surface area contributed by atoms with Gasteiger partial charge in [0.15, 0.2) is 0 Å². The monoisotopic (exact) mass is 725 g/mol. The first kappa shape index (κ1) is 35.3. The van der Waals surface area contributed by atoms with Gasteiger partial charge < -0.3 is 35.0 Å². The molecule has 0 spiro atoms. The molecular formula is C34H42F3N11O4. The van der Waals surface area contributed by atoms with Crippen molar-refractivity contribution in [3.05, 3.63) is 67.5 Å². The molecule has 2 saturated heterocycles. The van der Waals surface area contributed by atoms with Crippen LogP contribution in [0.2, 0.25) is 0 Å². The number of H-pyrrole nitrogens is 1. The zero-order chi connectivity index (χ0) is 36.9. The van der Waals surface area contributed by atoms with E-state index in [-0.39, 0.29) is 72.3 Å². The Kier molecular flexibility index (Phi) is 9.35. The van der Waals surface area contributed by atoms with Crippen molar-refractivity contribution in [3.63, 3.8) is 0 Å². The molecule has 18 heteroatoms. The second-order valence-electron chi connectivity index (χ2n) is 13.7. The number of aromatic amines is 1. The first-order chi connectivity index (χ1) is 24.8. The highest BCUT2D eigenvalue weighted by atomic mass is 19.4. The van der Waals surface area contributed by atoms with Crippen LogP contribution in [0.4, 0.5) is 30.5 Å². The zero-order valence-electron chi connectivity index (χ0n) is 29.3. The number of hydrogen-bond donors (Lipinski definition) is 3. The molecule has 0 radical (unpaired) electrons. The lowest BCUT2D eigenvalue weighted by Crippen LogP contribution is -2.56. The van der Waals surface area contributed by atoms with Crippen LogP contribution in [0, 0.1) is 6.92 Å². The van der Waals surface area contributed by atoms with Gasteiger partial charge in [-0.25, -0.2) is 4.68 Å². The molecule has 3 fully saturated rings. The van der Waals surface area contributed by atoms with Crippen LogP contribution in [0.1, 0.15) is 66.3 Å². The van der Waals surface area contributed by atoms with E-state index in [4.69, 9.17) is 4.98 Å². The van der Waals surface area contributed by atoms with Crippen molar-refractivity contribution in [1.82, 2.24) is 39.2 Å². The number of amides is 2. The number of aryl methyl sites for hydroxylation is 1. The number of nitrogens with one attached hydrogen (secondary N) is 3. The van der Waals surface area contributed by atoms with E-state index in [0.29, 0.717) is 49.9 Å². The number of anilines is 3. The Morgan fingerprint density at radius 2 is 1.79 bits per heavy atom. The van der Waals surface area contributed by atoms with Crippen LogP contribution >= 0.6 is 0 Å². The number of rotatable bonds is 8. The lowest BCUT2D eigenvalue weighted by atomic mass is 9.93. The Balaban J connectivity index is 1.21. The fourth-order valence-electron chi connectivity index (χ4n) is 7.30. The summed E-state index contributed by atoms with van der Waals surface area (Å²) in [5.74, 6) is -0.394. The fourth-order valence-corrected chi connectivity index (χ4v) is 7.30. The lowest BCUT2D eigenvalue weighted by Gasteiger charge is -2.41. The van der Waals surface area contributed by atoms with Gasteiger partial charge in [0, 0.05) is 63.7 Å². The van der Waals surface area contributed by atoms with Crippen LogP contribution in [0.5, 0.6) is 0 Å². The smallest absolute Gasteiger partial charge is 0.362 e. The van der Waals surface area contributed by atoms with Crippen LogP contribution in [0.15, 0.2) is 34.0 Å². The number of halogens is 3. The van der Waals surface area contributed by atoms with Crippen molar-refractivity contribution < 1.29 is 22.8 Å². The average molecular weight is 726 g/mol. The van der Waals surface area contributed by atoms with E-state index in [1.165, 1.54) is 28.4 Å². The summed E-state index contributed by atoms with van der Waals surface area (Å²) in [7, 11) is 0. The quantitative estimate of drug-likeness (QED) is 0.248. The molecule has 1 aromatic carbocycles. The number of carbonyl (C=O) groups excluding carboxylic acids is 2. The topological polar surface area (TPSA) is 158 Å². The van der Waals surface area contributed by atoms with Gasteiger partial charge >= 0.3 is 6.18 Å². The Hall–Kier alpha value is -5.13. The number of benzene rings is 1. The summed E-state index contributed by atoms with van der Waals surface area (Å²) in [5, 5.41) is 13.6. The number of nitrogens with zero attached hydrogens (tertiary/aromatic N) is 8. The number of aromatic nitrogens is 6. The van der Waals surface area contributed by atoms with Gasteiger partial charge in [0.1, 0.15) is 17.8 Å². The minimum Gasteiger partial charge on any atom is -0.362 e. The van der Waals surface area contributed by atoms with E-state index in [9.17, 15) is 32.3 Å². The molecular weight excluding hydrogens is 683 g/mol. The van der Waals surface area contributed by atoms with Crippen molar-refractivity contribution in [3.8, 4) is 0 Å². The fraction of sp³-hybridized carbons (Fsp3) is 0.529. The second-order valence-corrected chi connectivity index (χ2v) is 13.7. The molecule has 3 aliphatic rings. The van der Waals surface area contributed by atoms with Crippen molar-refractivity contribution in [2.75, 3.05) is 60.9 Å². The highest BCUT2D eigenvalue weighted by Crippen LogP contribution is 2.32. The standard InChI is InChI=1S/C34H42F3N11O4/c1-4-26-28(44-14-15-45(21(3)18-44)29(50)24-17-39-47(30(24)51)23-6-5-7-23)31(52)48-33(41-32(42-48)43-12-10-38-11-13-43)46(26)19-27(49)40-25-9-8-22(16-20(25)2)34(35,36)37/h8-9,16-17,21,23,38-39H,4-7,10-15,18-19H2,1-3H3,(H,40,49)/t21-/m1/s1. The maximum absolute atomic E-state index is 14.3. The van der Waals surface area contributed by atoms with Crippen LogP contribution in [-0.2, 0) is 23.9 Å². The third kappa shape index (κ3) is 6.43. The third-order valence-corrected chi connectivity index (χ3v) is 10.4. The van der Waals surface area contributed by atoms with Crippen LogP contribution in [-0.4, -0.2) is 97.5 Å². The molecule has 0 unspecified atom stereocenters. The SMILES string of the molecule is CCc1c(N2CCN(C(=O)c3c[nH]n(C4CCC4)c3=O)[C@H](C)C2)c(=O)n2nc(N3CCNCC3)nc2n1CC(=O)Nc1ccc(C(F)(F)F)cc1C. The summed E-state index contributed by atoms with van der Waals surface area (Å²) in [4.78, 5) is 64.9. The summed E-state index contributed by atoms with van der Waals surface area (Å²) in [6.45, 7) is 8.36. The highest BCUT2D eigenvalue weighted by molar-refractivity contribution is 5.94. The molecule has 3 aromatic heterocycles. The molecule has 1 atom stereocenters. The van der Waals surface area contributed by atoms with E-state index in [1.54, 1.807) is 9.47 Å². The van der Waals surface area contributed by atoms with Crippen molar-refractivity contribution in [1.29, 1.82) is 0 Å². The van der Waals surface area contributed by atoms with Crippen molar-refractivity contribution in [2.24, 2.45) is 0 Å². The van der Waals surface area contributed by atoms with Gasteiger partial charge in [-0.15, -0.1) is 5.10 Å². The predicted octanol–water partition coefficient (Wildman–Crippen LogP) is 2.39. The number of alkyl halides is 3. The Morgan fingerprint density at radius 3 is 2.42 bits per heavy atom. The van der Waals surface area contributed by atoms with Gasteiger partial charge in [-0.05, 0) is 63.3 Å². The molecule has 2 amide bonds. The first-order valence-corrected chi connectivity index (χ1v) is 17.7. The van der Waals surface area contributed by atoms with Gasteiger partial charge in [-0.2, -0.15) is 22.7 Å². The van der Waals surface area contributed by atoms with Gasteiger partial charge in [-0.3, -0.25) is 19.2 Å². The Bertz CT molecular complexity index is 2120. The molecule has 1 saturated carbocycles. The molecule has 5 heterocycles. The predicted molar refractivity (Wildman–Crippen MR) is 187 cm³/mol. The molecule has 3 N–H and O–H groups in total. The maximum atomic E-state index is 14.3. The number of piperazine rings is 2. The second kappa shape index (κ2) is 13.8. The molecule has 278 valence electrons. The molecule has 1 aliphatic carbocycles. The largest absolute Gasteiger partial charge is 0.416 e. The van der Waals surface area contributed by atoms with Crippen molar-refractivity contribution >= 4 is 34.9 Å². The summed E-state index contributed by atoms with van der Waals surface area (Å²) >= 11 is 0. The van der Waals surface area contributed by atoms with Gasteiger partial charge in [0.2, 0.25) is 17.6 Å². The molecule has 7 rings (SSSR count). The summed E-state index contributed by atoms with van der Waals surface area (Å²) in [6, 6.07) is 2.82. The van der Waals surface area contributed by atoms with Gasteiger partial charge in [0.25, 0.3) is 17.0 Å². The normalized spacial score (nSPS) is 18.6. The van der Waals surface area contributed by atoms with Gasteiger partial charge in [0.05, 0.1) is 17.3 Å². The average Bonchev–Trinajstić information content (AvgIpc) is 3.70. The summed E-state index contributed by atoms with van der Waals surface area (Å²) < 4.78 is 44.2. The van der Waals surface area contributed by atoms with E-state index >= 15 is 0 Å². The minimum absolute atomic E-state index is 0.0813. The van der Waals surface area contributed by atoms with Crippen LogP contribution in [0.25, 0.3) is 5.78 Å². The molecule has 52 heavy (non-hydrogen) atoms. The maximum Gasteiger partial charge on any atom is 0.416 e. The van der Waals surface area contributed by atoms with Crippen LogP contribution < -0.4 is 31.6 Å². The number of carbonyl (C=O) groups is 2. The zero-order valence-corrected chi connectivity index (χ0v) is 29.3. The van der Waals surface area contributed by atoms with E-state index in [2.05, 4.69) is 20.8 Å². The summed E-state index contributed by atoms with van der Waals surface area (Å²) in [6.07, 6.45) is 0.114. The molecule has 4 aromatic rings. The Morgan fingerprint density at radius 1 is 1.04 bits per heavy atom. The number of fused-ring (bicyclic) bond motifs is 1. The van der Waals surface area contributed by atoms with Crippen LogP contribution in [0.3, 0.4) is 0 Å². The lowest BCUT2D eigenvalue weighted by molar-refractivity contribution is -0.137. The molecule has 2 aliphatic heterocycles. The number of hydrogen-bond acceptors (Lipinski definition) is 9. The van der Waals surface area contributed by atoms with E-state index < -0.39 is 23.2 Å². The Labute approximate surface area is 296 Å². The third-order valence-electron chi connectivity index (χ3n) is 10.4. The molecule has 15 nitrogen and oxygen atoms in total. The first-order valence-electron chi connectivity index (χ1n) is 17.7. The van der Waals surface area contributed by atoms with Gasteiger partial charge in [-0.1, -0.05) is 6.92 Å².